The first-order valence-corrected chi connectivity index (χ1v) is 6.05. The van der Waals surface area contributed by atoms with Crippen LogP contribution in [0.5, 0.6) is 0 Å². The Kier molecular flexibility index (Phi) is 2.67. The van der Waals surface area contributed by atoms with Crippen LogP contribution in [0.2, 0.25) is 0 Å². The normalized spacial score (nSPS) is 10.7. The van der Waals surface area contributed by atoms with Crippen molar-refractivity contribution in [3.63, 3.8) is 0 Å². The number of hydrogen-bond donors (Lipinski definition) is 1. The smallest absolute Gasteiger partial charge is 0.258 e. The molecule has 0 bridgehead atoms. The Bertz CT molecular complexity index is 523. The van der Waals surface area contributed by atoms with Crippen LogP contribution in [-0.4, -0.2) is 4.92 Å². The summed E-state index contributed by atoms with van der Waals surface area (Å²) in [7, 11) is 0. The van der Waals surface area contributed by atoms with Gasteiger partial charge in [0.2, 0.25) is 0 Å². The summed E-state index contributed by atoms with van der Waals surface area (Å²) in [4.78, 5) is 11.0. The highest BCUT2D eigenvalue weighted by Gasteiger charge is 2.17. The second-order valence-electron chi connectivity index (χ2n) is 2.65. The molecular weight excluding hydrogens is 333 g/mol. The van der Waals surface area contributed by atoms with Gasteiger partial charge in [-0.05, 0) is 34.0 Å². The van der Waals surface area contributed by atoms with Gasteiger partial charge in [-0.25, -0.2) is 0 Å². The topological polar surface area (TPSA) is 43.1 Å². The van der Waals surface area contributed by atoms with Gasteiger partial charge in [-0.2, -0.15) is 0 Å². The van der Waals surface area contributed by atoms with E-state index >= 15 is 0 Å². The number of fused-ring (bicyclic) bond motifs is 1. The summed E-state index contributed by atoms with van der Waals surface area (Å²) in [6.07, 6.45) is 0. The van der Waals surface area contributed by atoms with Gasteiger partial charge >= 0.3 is 0 Å². The molecule has 0 aliphatic carbocycles. The average Bonchev–Trinajstić information content (AvgIpc) is 2.58. The lowest BCUT2D eigenvalue weighted by molar-refractivity contribution is -0.385. The number of halogens is 1. The molecule has 3 nitrogen and oxygen atoms in total. The predicted octanol–water partition coefficient (Wildman–Crippen LogP) is 3.70. The Morgan fingerprint density at radius 1 is 1.57 bits per heavy atom. The summed E-state index contributed by atoms with van der Waals surface area (Å²) in [5.74, 6) is 0. The largest absolute Gasteiger partial charge is 0.284 e. The van der Waals surface area contributed by atoms with E-state index in [9.17, 15) is 10.1 Å². The van der Waals surface area contributed by atoms with Gasteiger partial charge in [0.05, 0.1) is 4.92 Å². The van der Waals surface area contributed by atoms with Crippen LogP contribution in [0, 0.1) is 13.7 Å². The Labute approximate surface area is 103 Å². The van der Waals surface area contributed by atoms with Gasteiger partial charge in [-0.15, -0.1) is 24.0 Å². The summed E-state index contributed by atoms with van der Waals surface area (Å²) in [5, 5.41) is 13.5. The number of benzene rings is 1. The van der Waals surface area contributed by atoms with Crippen LogP contribution in [-0.2, 0) is 0 Å². The quantitative estimate of drug-likeness (QED) is 0.373. The fourth-order valence-electron chi connectivity index (χ4n) is 1.19. The molecule has 2 rings (SSSR count). The van der Waals surface area contributed by atoms with Gasteiger partial charge in [-0.1, -0.05) is 0 Å². The summed E-state index contributed by atoms with van der Waals surface area (Å²) in [5.41, 5.74) is 0.126. The summed E-state index contributed by atoms with van der Waals surface area (Å²) >= 11 is 7.79. The zero-order valence-corrected chi connectivity index (χ0v) is 10.6. The van der Waals surface area contributed by atoms with Gasteiger partial charge in [0.1, 0.15) is 3.57 Å². The zero-order valence-electron chi connectivity index (χ0n) is 6.73. The van der Waals surface area contributed by atoms with E-state index in [-0.39, 0.29) is 10.6 Å². The third kappa shape index (κ3) is 1.51. The van der Waals surface area contributed by atoms with Crippen LogP contribution in [0.3, 0.4) is 0 Å². The van der Waals surface area contributed by atoms with Crippen molar-refractivity contribution in [2.24, 2.45) is 0 Å². The maximum atomic E-state index is 10.7. The molecular formula is C8H4INO2S2. The van der Waals surface area contributed by atoms with E-state index < -0.39 is 0 Å². The van der Waals surface area contributed by atoms with E-state index in [0.717, 1.165) is 10.1 Å². The Hall–Kier alpha value is -0.340. The number of thiophene rings is 1. The molecule has 0 saturated heterocycles. The van der Waals surface area contributed by atoms with E-state index in [1.54, 1.807) is 17.4 Å². The highest BCUT2D eigenvalue weighted by molar-refractivity contribution is 14.1. The molecule has 0 aliphatic heterocycles. The van der Waals surface area contributed by atoms with Crippen molar-refractivity contribution >= 4 is 62.3 Å². The molecule has 0 atom stereocenters. The molecule has 2 aromatic rings. The van der Waals surface area contributed by atoms with E-state index in [4.69, 9.17) is 0 Å². The lowest BCUT2D eigenvalue weighted by Gasteiger charge is -2.00. The van der Waals surface area contributed by atoms with Crippen LogP contribution in [0.4, 0.5) is 5.69 Å². The highest BCUT2D eigenvalue weighted by Crippen LogP contribution is 2.36. The number of nitro benzene ring substituents is 1. The molecule has 0 amide bonds. The molecule has 0 N–H and O–H groups in total. The van der Waals surface area contributed by atoms with Crippen LogP contribution >= 0.6 is 46.6 Å². The minimum Gasteiger partial charge on any atom is -0.258 e. The molecule has 72 valence electrons. The molecule has 0 radical (unpaired) electrons. The highest BCUT2D eigenvalue weighted by atomic mass is 127. The van der Waals surface area contributed by atoms with E-state index in [0.29, 0.717) is 8.47 Å². The lowest BCUT2D eigenvalue weighted by atomic mass is 10.2. The molecule has 0 unspecified atom stereocenters. The van der Waals surface area contributed by atoms with Gasteiger partial charge in [0.15, 0.2) is 0 Å². The second kappa shape index (κ2) is 3.67. The molecule has 0 saturated carbocycles. The number of nitro groups is 1. The molecule has 0 aliphatic rings. The molecule has 1 aromatic carbocycles. The predicted molar refractivity (Wildman–Crippen MR) is 68.4 cm³/mol. The van der Waals surface area contributed by atoms with Crippen LogP contribution in [0.1, 0.15) is 0 Å². The first-order valence-electron chi connectivity index (χ1n) is 3.64. The van der Waals surface area contributed by atoms with Crippen molar-refractivity contribution in [1.29, 1.82) is 0 Å². The Morgan fingerprint density at radius 2 is 2.29 bits per heavy atom. The SMILES string of the molecule is O=[N+]([O-])c1cc2ccsc2c(S)c1I. The Morgan fingerprint density at radius 3 is 2.93 bits per heavy atom. The molecule has 1 aromatic heterocycles. The zero-order chi connectivity index (χ0) is 10.3. The van der Waals surface area contributed by atoms with Crippen LogP contribution in [0.25, 0.3) is 10.1 Å². The Balaban J connectivity index is 2.87. The lowest BCUT2D eigenvalue weighted by Crippen LogP contribution is -1.92. The maximum Gasteiger partial charge on any atom is 0.284 e. The minimum absolute atomic E-state index is 0.126. The number of rotatable bonds is 1. The van der Waals surface area contributed by atoms with Gasteiger partial charge in [-0.3, -0.25) is 10.1 Å². The van der Waals surface area contributed by atoms with E-state index in [1.165, 1.54) is 0 Å². The fourth-order valence-corrected chi connectivity index (χ4v) is 3.22. The number of thiol groups is 1. The molecule has 0 spiro atoms. The van der Waals surface area contributed by atoms with Crippen molar-refractivity contribution in [2.75, 3.05) is 0 Å². The first kappa shape index (κ1) is 10.2. The third-order valence-electron chi connectivity index (χ3n) is 1.83. The van der Waals surface area contributed by atoms with Crippen molar-refractivity contribution in [2.45, 2.75) is 4.90 Å². The van der Waals surface area contributed by atoms with Crippen LogP contribution in [0.15, 0.2) is 22.4 Å². The van der Waals surface area contributed by atoms with Gasteiger partial charge < -0.3 is 0 Å². The molecule has 14 heavy (non-hydrogen) atoms. The van der Waals surface area contributed by atoms with E-state index in [1.807, 2.05) is 34.0 Å². The maximum absolute atomic E-state index is 10.7. The monoisotopic (exact) mass is 337 g/mol. The second-order valence-corrected chi connectivity index (χ2v) is 5.10. The summed E-state index contributed by atoms with van der Waals surface area (Å²) in [6.45, 7) is 0. The van der Waals surface area contributed by atoms with Crippen molar-refractivity contribution in [1.82, 2.24) is 0 Å². The first-order chi connectivity index (χ1) is 6.61. The van der Waals surface area contributed by atoms with Crippen molar-refractivity contribution in [3.8, 4) is 0 Å². The third-order valence-corrected chi connectivity index (χ3v) is 4.90. The molecule has 1 heterocycles. The summed E-state index contributed by atoms with van der Waals surface area (Å²) in [6, 6.07) is 3.45. The molecule has 0 fully saturated rings. The van der Waals surface area contributed by atoms with Crippen LogP contribution < -0.4 is 0 Å². The minimum atomic E-state index is -0.376. The summed E-state index contributed by atoms with van der Waals surface area (Å²) < 4.78 is 1.61. The van der Waals surface area contributed by atoms with E-state index in [2.05, 4.69) is 12.6 Å². The van der Waals surface area contributed by atoms with Crippen molar-refractivity contribution in [3.05, 3.63) is 31.2 Å². The standard InChI is InChI=1S/C8H4INO2S2/c9-6-5(10(11)12)3-4-1-2-14-8(4)7(6)13/h1-3,13H. The number of hydrogen-bond acceptors (Lipinski definition) is 4. The molecule has 6 heteroatoms. The van der Waals surface area contributed by atoms with Gasteiger partial charge in [0, 0.05) is 21.0 Å². The van der Waals surface area contributed by atoms with Crippen molar-refractivity contribution < 1.29 is 4.92 Å². The fraction of sp³-hybridized carbons (Fsp3) is 0. The van der Waals surface area contributed by atoms with Gasteiger partial charge in [0.25, 0.3) is 5.69 Å². The average molecular weight is 337 g/mol. The number of nitrogens with zero attached hydrogens (tertiary/aromatic N) is 1.